The molecule has 6 heteroatoms. The molecular weight excluding hydrogens is 356 g/mol. The van der Waals surface area contributed by atoms with Gasteiger partial charge in [0, 0.05) is 30.9 Å². The minimum absolute atomic E-state index is 0.174. The molecule has 0 aliphatic carbocycles. The number of nitrogens with zero attached hydrogens (tertiary/aromatic N) is 1. The van der Waals surface area contributed by atoms with Gasteiger partial charge in [-0.2, -0.15) is 0 Å². The highest BCUT2D eigenvalue weighted by Gasteiger charge is 2.13. The lowest BCUT2D eigenvalue weighted by molar-refractivity contribution is 0.0342. The summed E-state index contributed by atoms with van der Waals surface area (Å²) in [5.41, 5.74) is 2.48. The van der Waals surface area contributed by atoms with Gasteiger partial charge in [-0.15, -0.1) is 0 Å². The van der Waals surface area contributed by atoms with E-state index in [-0.39, 0.29) is 5.91 Å². The van der Waals surface area contributed by atoms with Gasteiger partial charge in [-0.25, -0.2) is 0 Å². The first-order chi connectivity index (χ1) is 13.7. The van der Waals surface area contributed by atoms with Crippen LogP contribution in [0.4, 0.5) is 5.69 Å². The van der Waals surface area contributed by atoms with Gasteiger partial charge in [-0.1, -0.05) is 12.1 Å². The van der Waals surface area contributed by atoms with Crippen molar-refractivity contribution in [2.24, 2.45) is 0 Å². The van der Waals surface area contributed by atoms with Gasteiger partial charge in [0.25, 0.3) is 5.91 Å². The highest BCUT2D eigenvalue weighted by atomic mass is 16.5. The van der Waals surface area contributed by atoms with E-state index < -0.39 is 0 Å². The molecule has 0 unspecified atom stereocenters. The Morgan fingerprint density at radius 1 is 1.04 bits per heavy atom. The number of amides is 1. The molecule has 0 aromatic heterocycles. The van der Waals surface area contributed by atoms with Crippen LogP contribution < -0.4 is 14.8 Å². The van der Waals surface area contributed by atoms with Crippen LogP contribution in [0.15, 0.2) is 42.5 Å². The van der Waals surface area contributed by atoms with Crippen LogP contribution in [0.5, 0.6) is 11.5 Å². The molecular formula is C22H28N2O4. The molecule has 2 aromatic rings. The standard InChI is InChI=1S/C22H28N2O4/c1-3-27-20-9-8-18(15-21(20)28-4-2)22(25)23-19-7-5-6-17(14-19)16-24-10-12-26-13-11-24/h5-9,14-15H,3-4,10-13,16H2,1-2H3,(H,23,25). The molecule has 0 radical (unpaired) electrons. The fourth-order valence-corrected chi connectivity index (χ4v) is 3.16. The van der Waals surface area contributed by atoms with E-state index in [0.29, 0.717) is 30.3 Å². The zero-order valence-corrected chi connectivity index (χ0v) is 16.6. The quantitative estimate of drug-likeness (QED) is 0.754. The fraction of sp³-hybridized carbons (Fsp3) is 0.409. The van der Waals surface area contributed by atoms with E-state index in [0.717, 1.165) is 38.5 Å². The Labute approximate surface area is 166 Å². The Hall–Kier alpha value is -2.57. The Morgan fingerprint density at radius 2 is 1.79 bits per heavy atom. The molecule has 150 valence electrons. The molecule has 0 saturated carbocycles. The van der Waals surface area contributed by atoms with Crippen molar-refractivity contribution < 1.29 is 19.0 Å². The van der Waals surface area contributed by atoms with Crippen molar-refractivity contribution in [3.63, 3.8) is 0 Å². The number of hydrogen-bond donors (Lipinski definition) is 1. The van der Waals surface area contributed by atoms with Crippen molar-refractivity contribution in [2.75, 3.05) is 44.8 Å². The summed E-state index contributed by atoms with van der Waals surface area (Å²) >= 11 is 0. The molecule has 0 spiro atoms. The van der Waals surface area contributed by atoms with Crippen molar-refractivity contribution in [1.29, 1.82) is 0 Å². The highest BCUT2D eigenvalue weighted by molar-refractivity contribution is 6.04. The minimum Gasteiger partial charge on any atom is -0.490 e. The van der Waals surface area contributed by atoms with Gasteiger partial charge in [-0.3, -0.25) is 9.69 Å². The van der Waals surface area contributed by atoms with E-state index >= 15 is 0 Å². The van der Waals surface area contributed by atoms with E-state index in [1.807, 2.05) is 32.0 Å². The summed E-state index contributed by atoms with van der Waals surface area (Å²) in [5.74, 6) is 1.05. The predicted molar refractivity (Wildman–Crippen MR) is 109 cm³/mol. The summed E-state index contributed by atoms with van der Waals surface area (Å²) in [6, 6.07) is 13.2. The van der Waals surface area contributed by atoms with Crippen molar-refractivity contribution in [1.82, 2.24) is 4.90 Å². The van der Waals surface area contributed by atoms with Gasteiger partial charge in [0.1, 0.15) is 0 Å². The SMILES string of the molecule is CCOc1ccc(C(=O)Nc2cccc(CN3CCOCC3)c2)cc1OCC. The first-order valence-electron chi connectivity index (χ1n) is 9.79. The summed E-state index contributed by atoms with van der Waals surface area (Å²) in [4.78, 5) is 15.1. The third-order valence-corrected chi connectivity index (χ3v) is 4.50. The number of hydrogen-bond acceptors (Lipinski definition) is 5. The smallest absolute Gasteiger partial charge is 0.255 e. The van der Waals surface area contributed by atoms with Crippen LogP contribution in [0.25, 0.3) is 0 Å². The molecule has 0 atom stereocenters. The Balaban J connectivity index is 1.68. The Bertz CT molecular complexity index is 788. The van der Waals surface area contributed by atoms with Gasteiger partial charge in [-0.05, 0) is 49.7 Å². The zero-order chi connectivity index (χ0) is 19.8. The molecule has 1 fully saturated rings. The number of anilines is 1. The van der Waals surface area contributed by atoms with Gasteiger partial charge in [0.15, 0.2) is 11.5 Å². The molecule has 0 bridgehead atoms. The molecule has 1 N–H and O–H groups in total. The fourth-order valence-electron chi connectivity index (χ4n) is 3.16. The second-order valence-corrected chi connectivity index (χ2v) is 6.57. The number of benzene rings is 2. The first kappa shape index (κ1) is 20.2. The van der Waals surface area contributed by atoms with E-state index in [2.05, 4.69) is 16.3 Å². The lowest BCUT2D eigenvalue weighted by atomic mass is 10.1. The van der Waals surface area contributed by atoms with Crippen LogP contribution in [0.3, 0.4) is 0 Å². The molecule has 1 saturated heterocycles. The molecule has 1 aliphatic heterocycles. The maximum atomic E-state index is 12.7. The zero-order valence-electron chi connectivity index (χ0n) is 16.6. The average Bonchev–Trinajstić information content (AvgIpc) is 2.71. The molecule has 3 rings (SSSR count). The summed E-state index contributed by atoms with van der Waals surface area (Å²) in [6.45, 7) is 9.14. The number of nitrogens with one attached hydrogen (secondary N) is 1. The third-order valence-electron chi connectivity index (χ3n) is 4.50. The maximum absolute atomic E-state index is 12.7. The summed E-state index contributed by atoms with van der Waals surface area (Å²) in [6.07, 6.45) is 0. The molecule has 1 aliphatic rings. The van der Waals surface area contributed by atoms with Crippen LogP contribution in [-0.2, 0) is 11.3 Å². The van der Waals surface area contributed by atoms with E-state index in [4.69, 9.17) is 14.2 Å². The summed E-state index contributed by atoms with van der Waals surface area (Å²) in [5, 5.41) is 2.98. The van der Waals surface area contributed by atoms with Gasteiger partial charge >= 0.3 is 0 Å². The normalized spacial score (nSPS) is 14.5. The van der Waals surface area contributed by atoms with Crippen molar-refractivity contribution >= 4 is 11.6 Å². The molecule has 6 nitrogen and oxygen atoms in total. The van der Waals surface area contributed by atoms with E-state index in [9.17, 15) is 4.79 Å². The minimum atomic E-state index is -0.174. The van der Waals surface area contributed by atoms with Gasteiger partial charge < -0.3 is 19.5 Å². The van der Waals surface area contributed by atoms with Crippen LogP contribution in [-0.4, -0.2) is 50.3 Å². The second-order valence-electron chi connectivity index (χ2n) is 6.57. The monoisotopic (exact) mass is 384 g/mol. The van der Waals surface area contributed by atoms with Crippen LogP contribution >= 0.6 is 0 Å². The number of morpholine rings is 1. The maximum Gasteiger partial charge on any atom is 0.255 e. The van der Waals surface area contributed by atoms with Crippen LogP contribution in [0, 0.1) is 0 Å². The largest absolute Gasteiger partial charge is 0.490 e. The second kappa shape index (κ2) is 10.1. The lowest BCUT2D eigenvalue weighted by Gasteiger charge is -2.26. The third kappa shape index (κ3) is 5.47. The molecule has 1 heterocycles. The van der Waals surface area contributed by atoms with Crippen molar-refractivity contribution in [3.8, 4) is 11.5 Å². The number of carbonyl (C=O) groups excluding carboxylic acids is 1. The van der Waals surface area contributed by atoms with E-state index in [1.54, 1.807) is 18.2 Å². The molecule has 2 aromatic carbocycles. The van der Waals surface area contributed by atoms with Crippen molar-refractivity contribution in [3.05, 3.63) is 53.6 Å². The van der Waals surface area contributed by atoms with E-state index in [1.165, 1.54) is 5.56 Å². The summed E-state index contributed by atoms with van der Waals surface area (Å²) < 4.78 is 16.6. The highest BCUT2D eigenvalue weighted by Crippen LogP contribution is 2.29. The topological polar surface area (TPSA) is 60.0 Å². The Morgan fingerprint density at radius 3 is 2.54 bits per heavy atom. The number of carbonyl (C=O) groups is 1. The lowest BCUT2D eigenvalue weighted by Crippen LogP contribution is -2.35. The Kier molecular flexibility index (Phi) is 7.28. The first-order valence-corrected chi connectivity index (χ1v) is 9.79. The molecule has 1 amide bonds. The van der Waals surface area contributed by atoms with Crippen LogP contribution in [0.2, 0.25) is 0 Å². The summed E-state index contributed by atoms with van der Waals surface area (Å²) in [7, 11) is 0. The predicted octanol–water partition coefficient (Wildman–Crippen LogP) is 3.57. The average molecular weight is 384 g/mol. The van der Waals surface area contributed by atoms with Crippen molar-refractivity contribution in [2.45, 2.75) is 20.4 Å². The number of rotatable bonds is 8. The van der Waals surface area contributed by atoms with Crippen LogP contribution in [0.1, 0.15) is 29.8 Å². The van der Waals surface area contributed by atoms with Gasteiger partial charge in [0.2, 0.25) is 0 Å². The molecule has 28 heavy (non-hydrogen) atoms. The number of ether oxygens (including phenoxy) is 3. The van der Waals surface area contributed by atoms with Gasteiger partial charge in [0.05, 0.1) is 26.4 Å².